The molecule has 1 heterocycles. The van der Waals surface area contributed by atoms with E-state index in [2.05, 4.69) is 30.8 Å². The molecule has 0 bridgehead atoms. The number of nitrogens with zero attached hydrogens (tertiary/aromatic N) is 3. The van der Waals surface area contributed by atoms with Crippen LogP contribution in [0.25, 0.3) is 0 Å². The second kappa shape index (κ2) is 11.0. The van der Waals surface area contributed by atoms with Gasteiger partial charge < -0.3 is 14.5 Å². The Balaban J connectivity index is 1.69. The molecule has 0 aromatic heterocycles. The van der Waals surface area contributed by atoms with Crippen LogP contribution < -0.4 is 4.74 Å². The third-order valence-electron chi connectivity index (χ3n) is 5.43. The van der Waals surface area contributed by atoms with E-state index in [0.717, 1.165) is 42.8 Å². The van der Waals surface area contributed by atoms with Gasteiger partial charge in [-0.05, 0) is 86.4 Å². The van der Waals surface area contributed by atoms with E-state index in [1.54, 1.807) is 18.3 Å². The zero-order valence-electron chi connectivity index (χ0n) is 18.6. The lowest BCUT2D eigenvalue weighted by atomic mass is 10.0. The van der Waals surface area contributed by atoms with Crippen LogP contribution in [0.1, 0.15) is 37.8 Å². The molecule has 3 rings (SSSR count). The van der Waals surface area contributed by atoms with Crippen molar-refractivity contribution in [2.75, 3.05) is 26.7 Å². The molecule has 31 heavy (non-hydrogen) atoms. The van der Waals surface area contributed by atoms with E-state index in [9.17, 15) is 9.18 Å². The lowest BCUT2D eigenvalue weighted by molar-refractivity contribution is 0.133. The molecule has 1 aliphatic rings. The molecular formula is C25H32FN3O2. The smallest absolute Gasteiger partial charge is 0.344 e. The SMILES string of the molecule is CC(C)COc1ccc(C=NC(=O)N(Cc2ccc(F)cc2)C2CCN(C)CC2)cc1. The van der Waals surface area contributed by atoms with Crippen molar-refractivity contribution in [2.24, 2.45) is 10.9 Å². The van der Waals surface area contributed by atoms with Crippen molar-refractivity contribution < 1.29 is 13.9 Å². The highest BCUT2D eigenvalue weighted by atomic mass is 19.1. The maximum Gasteiger partial charge on any atom is 0.344 e. The molecule has 6 heteroatoms. The predicted molar refractivity (Wildman–Crippen MR) is 122 cm³/mol. The van der Waals surface area contributed by atoms with Gasteiger partial charge in [0.25, 0.3) is 0 Å². The summed E-state index contributed by atoms with van der Waals surface area (Å²) >= 11 is 0. The van der Waals surface area contributed by atoms with Gasteiger partial charge in [-0.15, -0.1) is 0 Å². The number of ether oxygens (including phenoxy) is 1. The molecule has 1 aliphatic heterocycles. The first-order chi connectivity index (χ1) is 14.9. The number of hydrogen-bond acceptors (Lipinski definition) is 3. The molecule has 2 aromatic carbocycles. The van der Waals surface area contributed by atoms with Gasteiger partial charge >= 0.3 is 6.03 Å². The van der Waals surface area contributed by atoms with E-state index >= 15 is 0 Å². The Bertz CT molecular complexity index is 857. The van der Waals surface area contributed by atoms with Crippen molar-refractivity contribution >= 4 is 12.2 Å². The van der Waals surface area contributed by atoms with Crippen molar-refractivity contribution in [3.8, 4) is 5.75 Å². The molecule has 0 N–H and O–H groups in total. The first-order valence-corrected chi connectivity index (χ1v) is 10.9. The number of urea groups is 1. The van der Waals surface area contributed by atoms with Crippen LogP contribution in [0.3, 0.4) is 0 Å². The average Bonchev–Trinajstić information content (AvgIpc) is 2.77. The normalized spacial score (nSPS) is 15.5. The van der Waals surface area contributed by atoms with Crippen LogP contribution in [0, 0.1) is 11.7 Å². The summed E-state index contributed by atoms with van der Waals surface area (Å²) in [6.45, 7) is 7.19. The summed E-state index contributed by atoms with van der Waals surface area (Å²) in [7, 11) is 2.09. The summed E-state index contributed by atoms with van der Waals surface area (Å²) in [6.07, 6.45) is 3.41. The Morgan fingerprint density at radius 2 is 1.81 bits per heavy atom. The molecule has 0 atom stereocenters. The minimum atomic E-state index is -0.278. The van der Waals surface area contributed by atoms with Gasteiger partial charge in [0, 0.05) is 18.8 Å². The maximum absolute atomic E-state index is 13.3. The van der Waals surface area contributed by atoms with Crippen molar-refractivity contribution in [3.63, 3.8) is 0 Å². The van der Waals surface area contributed by atoms with Crippen LogP contribution in [0.2, 0.25) is 0 Å². The third kappa shape index (κ3) is 7.17. The standard InChI is InChI=1S/C25H32FN3O2/c1-19(2)18-31-24-10-6-20(7-11-24)16-27-25(30)29(23-12-14-28(3)15-13-23)17-21-4-8-22(26)9-5-21/h4-11,16,19,23H,12-15,17-18H2,1-3H3. The maximum atomic E-state index is 13.3. The van der Waals surface area contributed by atoms with Gasteiger partial charge in [-0.3, -0.25) is 0 Å². The summed E-state index contributed by atoms with van der Waals surface area (Å²) in [5.74, 6) is 0.992. The minimum Gasteiger partial charge on any atom is -0.493 e. The van der Waals surface area contributed by atoms with Gasteiger partial charge in [0.15, 0.2) is 0 Å². The average molecular weight is 426 g/mol. The summed E-state index contributed by atoms with van der Waals surface area (Å²) < 4.78 is 19.0. The number of piperidine rings is 1. The van der Waals surface area contributed by atoms with Gasteiger partial charge in [0.2, 0.25) is 0 Å². The van der Waals surface area contributed by atoms with Gasteiger partial charge in [-0.1, -0.05) is 26.0 Å². The quantitative estimate of drug-likeness (QED) is 0.587. The van der Waals surface area contributed by atoms with Crippen LogP contribution in [-0.2, 0) is 6.54 Å². The highest BCUT2D eigenvalue weighted by Crippen LogP contribution is 2.20. The van der Waals surface area contributed by atoms with Crippen molar-refractivity contribution in [2.45, 2.75) is 39.3 Å². The van der Waals surface area contributed by atoms with E-state index in [-0.39, 0.29) is 17.9 Å². The largest absolute Gasteiger partial charge is 0.493 e. The molecule has 0 aliphatic carbocycles. The van der Waals surface area contributed by atoms with E-state index in [4.69, 9.17) is 4.74 Å². The summed E-state index contributed by atoms with van der Waals surface area (Å²) in [6, 6.07) is 13.7. The van der Waals surface area contributed by atoms with Crippen molar-refractivity contribution in [1.82, 2.24) is 9.80 Å². The number of hydrogen-bond donors (Lipinski definition) is 0. The van der Waals surface area contributed by atoms with Crippen LogP contribution in [0.15, 0.2) is 53.5 Å². The first-order valence-electron chi connectivity index (χ1n) is 10.9. The number of halogens is 1. The Hall–Kier alpha value is -2.73. The van der Waals surface area contributed by atoms with E-state index in [1.165, 1.54) is 12.1 Å². The first kappa shape index (κ1) is 22.9. The van der Waals surface area contributed by atoms with Gasteiger partial charge in [0.1, 0.15) is 11.6 Å². The molecule has 0 radical (unpaired) electrons. The summed E-state index contributed by atoms with van der Waals surface area (Å²) in [4.78, 5) is 21.4. The topological polar surface area (TPSA) is 45.1 Å². The second-order valence-electron chi connectivity index (χ2n) is 8.60. The molecule has 166 valence electrons. The lowest BCUT2D eigenvalue weighted by Crippen LogP contribution is -2.45. The molecule has 1 saturated heterocycles. The molecule has 0 spiro atoms. The number of likely N-dealkylation sites (tertiary alicyclic amines) is 1. The Kier molecular flexibility index (Phi) is 8.18. The lowest BCUT2D eigenvalue weighted by Gasteiger charge is -2.36. The van der Waals surface area contributed by atoms with Crippen molar-refractivity contribution in [3.05, 3.63) is 65.5 Å². The number of benzene rings is 2. The molecule has 5 nitrogen and oxygen atoms in total. The number of carbonyl (C=O) groups excluding carboxylic acids is 1. The summed E-state index contributed by atoms with van der Waals surface area (Å²) in [5, 5.41) is 0. The molecule has 1 fully saturated rings. The summed E-state index contributed by atoms with van der Waals surface area (Å²) in [5.41, 5.74) is 1.74. The van der Waals surface area contributed by atoms with E-state index < -0.39 is 0 Å². The highest BCUT2D eigenvalue weighted by molar-refractivity contribution is 5.91. The molecule has 0 unspecified atom stereocenters. The fraction of sp³-hybridized carbons (Fsp3) is 0.440. The molecular weight excluding hydrogens is 393 g/mol. The fourth-order valence-electron chi connectivity index (χ4n) is 3.56. The third-order valence-corrected chi connectivity index (χ3v) is 5.43. The van der Waals surface area contributed by atoms with E-state index in [0.29, 0.717) is 19.1 Å². The van der Waals surface area contributed by atoms with Crippen LogP contribution in [0.4, 0.5) is 9.18 Å². The zero-order chi connectivity index (χ0) is 22.2. The fourth-order valence-corrected chi connectivity index (χ4v) is 3.56. The Morgan fingerprint density at radius 3 is 2.42 bits per heavy atom. The Labute approximate surface area is 184 Å². The number of carbonyl (C=O) groups is 1. The van der Waals surface area contributed by atoms with Crippen LogP contribution >= 0.6 is 0 Å². The monoisotopic (exact) mass is 425 g/mol. The number of rotatable bonds is 7. The minimum absolute atomic E-state index is 0.123. The van der Waals surface area contributed by atoms with Crippen molar-refractivity contribution in [1.29, 1.82) is 0 Å². The predicted octanol–water partition coefficient (Wildman–Crippen LogP) is 5.00. The number of amides is 2. The van der Waals surface area contributed by atoms with E-state index in [1.807, 2.05) is 29.2 Å². The van der Waals surface area contributed by atoms with Gasteiger partial charge in [0.05, 0.1) is 6.61 Å². The Morgan fingerprint density at radius 1 is 1.16 bits per heavy atom. The molecule has 2 amide bonds. The van der Waals surface area contributed by atoms with Crippen LogP contribution in [-0.4, -0.2) is 54.8 Å². The highest BCUT2D eigenvalue weighted by Gasteiger charge is 2.26. The van der Waals surface area contributed by atoms with Gasteiger partial charge in [-0.2, -0.15) is 0 Å². The number of aliphatic imine (C=N–C) groups is 1. The zero-order valence-corrected chi connectivity index (χ0v) is 18.6. The van der Waals surface area contributed by atoms with Crippen LogP contribution in [0.5, 0.6) is 5.75 Å². The second-order valence-corrected chi connectivity index (χ2v) is 8.60. The molecule has 2 aromatic rings. The van der Waals surface area contributed by atoms with Gasteiger partial charge in [-0.25, -0.2) is 14.2 Å². The molecule has 0 saturated carbocycles.